The number of nitriles is 1. The Hall–Kier alpha value is -1.65. The highest BCUT2D eigenvalue weighted by atomic mass is 32.2. The first-order chi connectivity index (χ1) is 46.3. The molecule has 21 aliphatic rings. The number of halogens is 6. The van der Waals surface area contributed by atoms with E-state index in [9.17, 15) is 86.3 Å². The molecule has 15 saturated heterocycles. The Morgan fingerprint density at radius 1 is 0.461 bits per heavy atom. The van der Waals surface area contributed by atoms with Gasteiger partial charge in [-0.3, -0.25) is 29.3 Å². The van der Waals surface area contributed by atoms with Gasteiger partial charge in [0, 0.05) is 45.8 Å². The van der Waals surface area contributed by atoms with Gasteiger partial charge in [0.15, 0.2) is 0 Å². The number of hydrogen-bond acceptors (Lipinski definition) is 25. The second-order valence-corrected chi connectivity index (χ2v) is 47.7. The maximum Gasteiger partial charge on any atom is 0.393 e. The second kappa shape index (κ2) is 22.1. The van der Waals surface area contributed by atoms with Crippen LogP contribution in [0, 0.1) is 110 Å². The number of ether oxygens (including phenoxy) is 4. The fraction of sp³-hybridized carbons (Fsp3) is 0.969. The lowest BCUT2D eigenvalue weighted by Gasteiger charge is -2.51. The Balaban J connectivity index is 0.0000000966. The third-order valence-electron chi connectivity index (χ3n) is 30.9. The van der Waals surface area contributed by atoms with Gasteiger partial charge in [0.05, 0.1) is 80.6 Å². The van der Waals surface area contributed by atoms with E-state index in [2.05, 4.69) is 53.5 Å². The quantitative estimate of drug-likeness (QED) is 0.143. The molecule has 21 rings (SSSR count). The largest absolute Gasteiger partial charge is 0.393 e. The van der Waals surface area contributed by atoms with E-state index < -0.39 is 179 Å². The maximum atomic E-state index is 12.9. The highest BCUT2D eigenvalue weighted by Gasteiger charge is 2.90. The number of fused-ring (bicyclic) bond motifs is 7. The molecule has 38 unspecified atom stereocenters. The third kappa shape index (κ3) is 9.68. The standard InChI is InChI=1S/C14H21NO3S.2C9H11F3O3S.C9H14O3S.2C8H12O4S.C7H10O4S/c1-8-12(4)9(7-15)10-13(8,5)14(6,11(12,2)3)18-19(10,16)17;2*1-3-4-2-5-7(3)15-16(13,14)8(5)6(4)9(10,11)12;1-5-7-8-6(13(3,10)12-7)4-9(5,2)11-8;1-8(2)5-3-4-6(11-5)7(8)12-13(4,9)10;1-4-5-3-6-7(11-5)8(4,2)12-13(6,9)10;1-3-4-2-5-7(10-4)6(3)11-12(5,8)9/h8-10H,1-6H3;2*3-8H,2H2,1H3;5-8H,3-4H2,1-2H3;2*4-7H,3H2,1-2H3;3-7H,2H2,1H3. The summed E-state index contributed by atoms with van der Waals surface area (Å²) >= 11 is 0. The van der Waals surface area contributed by atoms with Gasteiger partial charge in [-0.2, -0.15) is 82.1 Å². The van der Waals surface area contributed by atoms with Gasteiger partial charge in [-0.05, 0) is 100 Å². The molecular formula is C64H91F6NO24S7. The Morgan fingerprint density at radius 3 is 1.42 bits per heavy atom. The van der Waals surface area contributed by atoms with E-state index in [1.165, 1.54) is 0 Å². The summed E-state index contributed by atoms with van der Waals surface area (Å²) in [4.78, 5) is 0. The molecule has 25 nitrogen and oxygen atoms in total. The van der Waals surface area contributed by atoms with Crippen molar-refractivity contribution in [2.75, 3.05) is 0 Å². The molecule has 0 N–H and O–H groups in total. The Morgan fingerprint density at radius 2 is 0.971 bits per heavy atom. The van der Waals surface area contributed by atoms with Gasteiger partial charge in [0.2, 0.25) is 0 Å². The summed E-state index contributed by atoms with van der Waals surface area (Å²) in [6.45, 7) is 29.6. The maximum absolute atomic E-state index is 12.9. The first kappa shape index (κ1) is 75.7. The van der Waals surface area contributed by atoms with Crippen molar-refractivity contribution in [2.45, 2.75) is 282 Å². The van der Waals surface area contributed by atoms with Crippen molar-refractivity contribution in [2.24, 2.45) is 98.6 Å². The molecule has 0 spiro atoms. The zero-order valence-electron chi connectivity index (χ0n) is 58.8. The predicted octanol–water partition coefficient (Wildman–Crippen LogP) is 6.45. The first-order valence-electron chi connectivity index (χ1n) is 35.1. The molecule has 21 fully saturated rings. The molecule has 102 heavy (non-hydrogen) atoms. The van der Waals surface area contributed by atoms with Gasteiger partial charge in [-0.15, -0.1) is 0 Å². The van der Waals surface area contributed by atoms with Gasteiger partial charge in [0.25, 0.3) is 60.7 Å². The van der Waals surface area contributed by atoms with Gasteiger partial charge >= 0.3 is 12.4 Å². The number of nitrogens with zero attached hydrogens (tertiary/aromatic N) is 1. The Bertz CT molecular complexity index is 4350. The summed E-state index contributed by atoms with van der Waals surface area (Å²) in [5.41, 5.74) is -2.79. The van der Waals surface area contributed by atoms with Crippen LogP contribution < -0.4 is 0 Å². The van der Waals surface area contributed by atoms with Gasteiger partial charge in [-0.25, -0.2) is 4.21 Å². The molecule has 0 radical (unpaired) electrons. The van der Waals surface area contributed by atoms with E-state index in [4.69, 9.17) is 48.2 Å². The van der Waals surface area contributed by atoms with Gasteiger partial charge in [-0.1, -0.05) is 83.1 Å². The summed E-state index contributed by atoms with van der Waals surface area (Å²) in [5, 5.41) is 5.07. The minimum atomic E-state index is -4.44. The van der Waals surface area contributed by atoms with Crippen molar-refractivity contribution in [3.8, 4) is 6.07 Å². The van der Waals surface area contributed by atoms with Gasteiger partial charge in [0.1, 0.15) is 79.8 Å². The van der Waals surface area contributed by atoms with Crippen LogP contribution in [-0.4, -0.2) is 200 Å². The average molecular weight is 1600 g/mol. The predicted molar refractivity (Wildman–Crippen MR) is 347 cm³/mol. The number of alkyl halides is 6. The molecule has 14 bridgehead atoms. The summed E-state index contributed by atoms with van der Waals surface area (Å²) in [7, 11) is -24.0. The second-order valence-electron chi connectivity index (χ2n) is 35.2. The molecule has 6 aliphatic carbocycles. The van der Waals surface area contributed by atoms with Crippen molar-refractivity contribution in [1.82, 2.24) is 0 Å². The smallest absolute Gasteiger partial charge is 0.370 e. The third-order valence-corrected chi connectivity index (χ3v) is 43.5. The van der Waals surface area contributed by atoms with Crippen LogP contribution in [0.5, 0.6) is 0 Å². The molecule has 0 aromatic carbocycles. The lowest BCUT2D eigenvalue weighted by molar-refractivity contribution is -0.191. The van der Waals surface area contributed by atoms with Crippen LogP contribution in [0.3, 0.4) is 0 Å². The highest BCUT2D eigenvalue weighted by Crippen LogP contribution is 2.83. The topological polar surface area (TPSA) is 347 Å². The summed E-state index contributed by atoms with van der Waals surface area (Å²) in [6.07, 6.45) is -7.27. The first-order valence-corrected chi connectivity index (χ1v) is 45.6. The molecule has 580 valence electrons. The van der Waals surface area contributed by atoms with Crippen LogP contribution in [-0.2, 0) is 119 Å². The highest BCUT2D eigenvalue weighted by molar-refractivity contribution is 7.96. The summed E-state index contributed by atoms with van der Waals surface area (Å²) in [6, 6.07) is 2.29. The average Bonchev–Trinajstić information content (AvgIpc) is 1.44. The van der Waals surface area contributed by atoms with E-state index >= 15 is 0 Å². The molecule has 38 atom stereocenters. The number of hydrogen-bond donors (Lipinski definition) is 0. The lowest BCUT2D eigenvalue weighted by Crippen LogP contribution is -2.57. The van der Waals surface area contributed by atoms with E-state index in [0.717, 1.165) is 6.42 Å². The summed E-state index contributed by atoms with van der Waals surface area (Å²) in [5.74, 6) is -2.06. The van der Waals surface area contributed by atoms with Crippen molar-refractivity contribution < 1.29 is 129 Å². The molecule has 38 heteroatoms. The molecule has 0 amide bonds. The van der Waals surface area contributed by atoms with Crippen LogP contribution in [0.15, 0.2) is 0 Å². The Kier molecular flexibility index (Phi) is 16.4. The van der Waals surface area contributed by atoms with Crippen molar-refractivity contribution >= 4 is 76.4 Å². The Labute approximate surface area is 593 Å². The van der Waals surface area contributed by atoms with Crippen LogP contribution in [0.1, 0.15) is 142 Å². The zero-order valence-corrected chi connectivity index (χ0v) is 64.5. The van der Waals surface area contributed by atoms with Gasteiger partial charge < -0.3 is 18.9 Å². The fourth-order valence-electron chi connectivity index (χ4n) is 24.3. The molecular weight excluding hydrogens is 1510 g/mol. The lowest BCUT2D eigenvalue weighted by atomic mass is 9.53. The monoisotopic (exact) mass is 1600 g/mol. The van der Waals surface area contributed by atoms with Crippen LogP contribution in [0.4, 0.5) is 26.3 Å². The van der Waals surface area contributed by atoms with E-state index in [1.807, 2.05) is 48.5 Å². The SMILES string of the molecule is C=S1(=O)OC2C3OC(C)(CC31)C2C.CC1(C)C2CC3C(O2)C1OS3(=O)=O.CC1C2(C)C(C#N)C3C1(C)C(C)(OS3(=O)=O)C2(C)C.CC1C2CC3C(O2)C1(C)OS3(=O)=O.CC1C2CC3C(O2)C1OS3(=O)=O.CC1C2CC3C1OS(=O)(=O)C3C2C(F)(F)F.CC1C2CC3C1OS(=O)(=O)C3C2C(F)(F)F. The van der Waals surface area contributed by atoms with E-state index in [0.29, 0.717) is 38.0 Å². The molecule has 6 saturated carbocycles. The van der Waals surface area contributed by atoms with E-state index in [1.54, 1.807) is 13.8 Å². The van der Waals surface area contributed by atoms with Crippen molar-refractivity contribution in [3.63, 3.8) is 0 Å². The molecule has 15 heterocycles. The normalized spacial score (nSPS) is 58.6. The van der Waals surface area contributed by atoms with Crippen LogP contribution in [0.25, 0.3) is 0 Å². The van der Waals surface area contributed by atoms with Crippen LogP contribution >= 0.6 is 0 Å². The zero-order chi connectivity index (χ0) is 75.2. The number of rotatable bonds is 0. The van der Waals surface area contributed by atoms with E-state index in [-0.39, 0.29) is 123 Å². The fourth-order valence-corrected chi connectivity index (χ4v) is 38.7. The van der Waals surface area contributed by atoms with Crippen molar-refractivity contribution in [1.29, 1.82) is 5.26 Å². The van der Waals surface area contributed by atoms with Crippen molar-refractivity contribution in [3.05, 3.63) is 0 Å². The molecule has 0 aromatic rings. The summed E-state index contributed by atoms with van der Waals surface area (Å²) < 4.78 is 288. The minimum Gasteiger partial charge on any atom is -0.370 e. The minimum absolute atomic E-state index is 0.0220. The molecule has 15 aliphatic heterocycles. The van der Waals surface area contributed by atoms with Crippen LogP contribution in [0.2, 0.25) is 0 Å². The molecule has 0 aromatic heterocycles.